The third kappa shape index (κ3) is 4.86. The van der Waals surface area contributed by atoms with E-state index >= 15 is 0 Å². The molecule has 2 atom stereocenters. The molecule has 3 aromatic rings. The molecule has 0 radical (unpaired) electrons. The summed E-state index contributed by atoms with van der Waals surface area (Å²) in [6, 6.07) is 15.7. The maximum absolute atomic E-state index is 13.2. The Morgan fingerprint density at radius 1 is 0.914 bits per heavy atom. The molecule has 0 fully saturated rings. The molecular formula is C28H30F3O3P. The standard InChI is InChI=1S/C28H30F3O3P/c1-17-15-19(28(29,30)31)14-13-18(17)16-24-34-23-12-7-9-20(26(23)35(24)27(2,3)4)25-21(32-5)10-8-11-22(25)33-6/h7-15,24H,16H2,1-6H3/t24-,35+/m1/s1. The van der Waals surface area contributed by atoms with E-state index in [1.807, 2.05) is 30.3 Å². The molecule has 35 heavy (non-hydrogen) atoms. The molecule has 0 aromatic heterocycles. The summed E-state index contributed by atoms with van der Waals surface area (Å²) in [4.78, 5) is 0. The minimum Gasteiger partial charge on any atom is -0.496 e. The lowest BCUT2D eigenvalue weighted by Gasteiger charge is -2.33. The van der Waals surface area contributed by atoms with E-state index in [0.29, 0.717) is 23.5 Å². The van der Waals surface area contributed by atoms with Crippen molar-refractivity contribution in [2.45, 2.75) is 51.3 Å². The molecule has 0 bridgehead atoms. The second kappa shape index (κ2) is 9.39. The number of hydrogen-bond acceptors (Lipinski definition) is 3. The Morgan fingerprint density at radius 3 is 2.09 bits per heavy atom. The Hall–Kier alpha value is -2.72. The molecule has 3 aromatic carbocycles. The van der Waals surface area contributed by atoms with Crippen molar-refractivity contribution in [3.05, 3.63) is 71.3 Å². The number of ether oxygens (including phenoxy) is 3. The van der Waals surface area contributed by atoms with Crippen LogP contribution in [0.5, 0.6) is 17.2 Å². The molecule has 0 aliphatic carbocycles. The molecule has 7 heteroatoms. The van der Waals surface area contributed by atoms with Gasteiger partial charge >= 0.3 is 6.18 Å². The van der Waals surface area contributed by atoms with Crippen LogP contribution in [0.25, 0.3) is 11.1 Å². The summed E-state index contributed by atoms with van der Waals surface area (Å²) in [5.74, 6) is 2.07. The molecule has 1 aliphatic heterocycles. The molecular weight excluding hydrogens is 472 g/mol. The minimum absolute atomic E-state index is 0.115. The summed E-state index contributed by atoms with van der Waals surface area (Å²) >= 11 is 0. The van der Waals surface area contributed by atoms with Crippen LogP contribution in [0.3, 0.4) is 0 Å². The van der Waals surface area contributed by atoms with Gasteiger partial charge in [-0.2, -0.15) is 13.2 Å². The van der Waals surface area contributed by atoms with Gasteiger partial charge < -0.3 is 14.2 Å². The molecule has 0 spiro atoms. The average molecular weight is 503 g/mol. The summed E-state index contributed by atoms with van der Waals surface area (Å²) in [7, 11) is 2.41. The van der Waals surface area contributed by atoms with Gasteiger partial charge in [0.05, 0.1) is 25.3 Å². The predicted molar refractivity (Wildman–Crippen MR) is 136 cm³/mol. The maximum atomic E-state index is 13.2. The lowest BCUT2D eigenvalue weighted by molar-refractivity contribution is -0.137. The van der Waals surface area contributed by atoms with Gasteiger partial charge in [-0.05, 0) is 61.5 Å². The molecule has 0 N–H and O–H groups in total. The van der Waals surface area contributed by atoms with Gasteiger partial charge in [-0.25, -0.2) is 0 Å². The van der Waals surface area contributed by atoms with Crippen molar-refractivity contribution < 1.29 is 27.4 Å². The lowest BCUT2D eigenvalue weighted by Crippen LogP contribution is -2.26. The molecule has 0 amide bonds. The fraction of sp³-hybridized carbons (Fsp3) is 0.357. The third-order valence-electron chi connectivity index (χ3n) is 6.28. The van der Waals surface area contributed by atoms with E-state index in [2.05, 4.69) is 26.8 Å². The van der Waals surface area contributed by atoms with Crippen LogP contribution in [-0.2, 0) is 12.6 Å². The number of benzene rings is 3. The van der Waals surface area contributed by atoms with Gasteiger partial charge in [-0.3, -0.25) is 0 Å². The van der Waals surface area contributed by atoms with E-state index in [9.17, 15) is 13.2 Å². The first-order valence-corrected chi connectivity index (χ1v) is 12.8. The first-order chi connectivity index (χ1) is 16.5. The van der Waals surface area contributed by atoms with Crippen molar-refractivity contribution in [2.75, 3.05) is 14.2 Å². The van der Waals surface area contributed by atoms with E-state index in [0.717, 1.165) is 33.8 Å². The number of halogens is 3. The van der Waals surface area contributed by atoms with Crippen LogP contribution in [0.2, 0.25) is 0 Å². The van der Waals surface area contributed by atoms with Crippen LogP contribution < -0.4 is 19.5 Å². The largest absolute Gasteiger partial charge is 0.496 e. The maximum Gasteiger partial charge on any atom is 0.416 e. The first-order valence-electron chi connectivity index (χ1n) is 11.4. The Morgan fingerprint density at radius 2 is 1.54 bits per heavy atom. The second-order valence-electron chi connectivity index (χ2n) is 9.65. The summed E-state index contributed by atoms with van der Waals surface area (Å²) in [6.45, 7) is 8.32. The highest BCUT2D eigenvalue weighted by molar-refractivity contribution is 7.68. The fourth-order valence-electron chi connectivity index (χ4n) is 4.72. The van der Waals surface area contributed by atoms with Gasteiger partial charge in [-0.15, -0.1) is 0 Å². The Kier molecular flexibility index (Phi) is 6.80. The van der Waals surface area contributed by atoms with Gasteiger partial charge in [0.25, 0.3) is 0 Å². The molecule has 4 rings (SSSR count). The topological polar surface area (TPSA) is 27.7 Å². The molecule has 186 valence electrons. The van der Waals surface area contributed by atoms with Gasteiger partial charge in [0.1, 0.15) is 23.1 Å². The smallest absolute Gasteiger partial charge is 0.416 e. The number of fused-ring (bicyclic) bond motifs is 1. The molecule has 3 nitrogen and oxygen atoms in total. The number of aryl methyl sites for hydroxylation is 1. The van der Waals surface area contributed by atoms with Crippen molar-refractivity contribution >= 4 is 13.2 Å². The molecule has 1 aliphatic rings. The summed E-state index contributed by atoms with van der Waals surface area (Å²) < 4.78 is 57.5. The highest BCUT2D eigenvalue weighted by Gasteiger charge is 2.44. The van der Waals surface area contributed by atoms with Crippen molar-refractivity contribution in [3.63, 3.8) is 0 Å². The quantitative estimate of drug-likeness (QED) is 0.337. The molecule has 0 saturated heterocycles. The van der Waals surface area contributed by atoms with Crippen LogP contribution in [0, 0.1) is 6.92 Å². The molecule has 0 saturated carbocycles. The number of rotatable bonds is 5. The van der Waals surface area contributed by atoms with Crippen LogP contribution in [0.1, 0.15) is 37.5 Å². The second-order valence-corrected chi connectivity index (χ2v) is 12.8. The highest BCUT2D eigenvalue weighted by atomic mass is 31.1. The van der Waals surface area contributed by atoms with E-state index in [-0.39, 0.29) is 11.0 Å². The van der Waals surface area contributed by atoms with Crippen molar-refractivity contribution in [1.29, 1.82) is 0 Å². The summed E-state index contributed by atoms with van der Waals surface area (Å²) in [6.07, 6.45) is -3.83. The highest BCUT2D eigenvalue weighted by Crippen LogP contribution is 2.61. The normalized spacial score (nSPS) is 17.6. The van der Waals surface area contributed by atoms with E-state index < -0.39 is 19.7 Å². The zero-order chi connectivity index (χ0) is 25.5. The number of hydrogen-bond donors (Lipinski definition) is 0. The predicted octanol–water partition coefficient (Wildman–Crippen LogP) is 7.56. The summed E-state index contributed by atoms with van der Waals surface area (Å²) in [5, 5.41) is 1.02. The van der Waals surface area contributed by atoms with Crippen LogP contribution >= 0.6 is 7.92 Å². The third-order valence-corrected chi connectivity index (χ3v) is 9.53. The molecule has 1 heterocycles. The van der Waals surface area contributed by atoms with Crippen molar-refractivity contribution in [3.8, 4) is 28.4 Å². The van der Waals surface area contributed by atoms with E-state index in [1.54, 1.807) is 27.2 Å². The monoisotopic (exact) mass is 502 g/mol. The lowest BCUT2D eigenvalue weighted by atomic mass is 10.0. The van der Waals surface area contributed by atoms with Gasteiger partial charge in [0, 0.05) is 17.3 Å². The SMILES string of the molecule is COc1cccc(OC)c1-c1cccc2c1[P@@](C(C)(C)C)[C@H](Cc1ccc(C(F)(F)F)cc1C)O2. The van der Waals surface area contributed by atoms with Crippen LogP contribution in [0.15, 0.2) is 54.6 Å². The Labute approximate surface area is 206 Å². The van der Waals surface area contributed by atoms with Crippen LogP contribution in [-0.4, -0.2) is 25.2 Å². The fourth-order valence-corrected chi connectivity index (χ4v) is 7.95. The zero-order valence-corrected chi connectivity index (χ0v) is 21.7. The Bertz CT molecular complexity index is 1210. The van der Waals surface area contributed by atoms with E-state index in [1.165, 1.54) is 6.07 Å². The first kappa shape index (κ1) is 25.4. The van der Waals surface area contributed by atoms with E-state index in [4.69, 9.17) is 14.2 Å². The minimum atomic E-state index is -4.36. The van der Waals surface area contributed by atoms with Gasteiger partial charge in [0.15, 0.2) is 0 Å². The van der Waals surface area contributed by atoms with Crippen molar-refractivity contribution in [1.82, 2.24) is 0 Å². The van der Waals surface area contributed by atoms with Gasteiger partial charge in [-0.1, -0.05) is 45.0 Å². The number of methoxy groups -OCH3 is 2. The summed E-state index contributed by atoms with van der Waals surface area (Å²) in [5.41, 5.74) is 2.74. The number of alkyl halides is 3. The average Bonchev–Trinajstić information content (AvgIpc) is 3.17. The van der Waals surface area contributed by atoms with Gasteiger partial charge in [0.2, 0.25) is 0 Å². The Balaban J connectivity index is 1.81. The molecule has 0 unspecified atom stereocenters. The van der Waals surface area contributed by atoms with Crippen LogP contribution in [0.4, 0.5) is 13.2 Å². The zero-order valence-electron chi connectivity index (χ0n) is 20.8. The van der Waals surface area contributed by atoms with Crippen molar-refractivity contribution in [2.24, 2.45) is 0 Å².